The van der Waals surface area contributed by atoms with Crippen molar-refractivity contribution >= 4 is 28.2 Å². The number of aromatic amines is 1. The van der Waals surface area contributed by atoms with Crippen LogP contribution in [0.25, 0.3) is 16.6 Å². The van der Waals surface area contributed by atoms with Crippen LogP contribution in [0.4, 0.5) is 11.5 Å². The molecule has 3 heterocycles. The molecule has 0 saturated carbocycles. The molecule has 1 saturated heterocycles. The Morgan fingerprint density at radius 1 is 1.23 bits per heavy atom. The summed E-state index contributed by atoms with van der Waals surface area (Å²) in [5.41, 5.74) is 11.5. The zero-order valence-electron chi connectivity index (χ0n) is 18.7. The summed E-state index contributed by atoms with van der Waals surface area (Å²) >= 11 is 0. The minimum atomic E-state index is -0.0774. The molecule has 3 aromatic rings. The number of nitrogens with zero attached hydrogens (tertiary/aromatic N) is 4. The lowest BCUT2D eigenvalue weighted by Crippen LogP contribution is -2.36. The molecular formula is C23H31N7O. The molecular weight excluding hydrogens is 390 g/mol. The number of aromatic nitrogens is 4. The number of piperidine rings is 1. The number of anilines is 2. The third-order valence-electron chi connectivity index (χ3n) is 6.72. The fourth-order valence-electron chi connectivity index (χ4n) is 5.13. The third-order valence-corrected chi connectivity index (χ3v) is 6.72. The molecule has 0 amide bonds. The standard InChI is InChI=1S/C23H31N7O/c1-13-20-18(11-23(2,3)12-19(20)31)30(28-13)15-9-16(21-17(10-15)26-27-22(21)24)25-14-5-7-29(4)8-6-14/h9-10,14,25H,5-8,11-12H2,1-4H3,(H3,24,26,27). The van der Waals surface area contributed by atoms with E-state index >= 15 is 0 Å². The van der Waals surface area contributed by atoms with Gasteiger partial charge in [-0.05, 0) is 63.9 Å². The summed E-state index contributed by atoms with van der Waals surface area (Å²) < 4.78 is 1.94. The predicted octanol–water partition coefficient (Wildman–Crippen LogP) is 3.30. The third kappa shape index (κ3) is 3.48. The number of ketones is 1. The van der Waals surface area contributed by atoms with Crippen LogP contribution < -0.4 is 11.1 Å². The maximum absolute atomic E-state index is 12.8. The highest BCUT2D eigenvalue weighted by atomic mass is 16.1. The Balaban J connectivity index is 1.61. The first kappa shape index (κ1) is 20.1. The van der Waals surface area contributed by atoms with Crippen LogP contribution in [0.15, 0.2) is 12.1 Å². The summed E-state index contributed by atoms with van der Waals surface area (Å²) in [4.78, 5) is 15.2. The molecule has 0 bridgehead atoms. The highest BCUT2D eigenvalue weighted by Crippen LogP contribution is 2.38. The van der Waals surface area contributed by atoms with Crippen LogP contribution in [0.5, 0.6) is 0 Å². The van der Waals surface area contributed by atoms with E-state index in [0.29, 0.717) is 18.3 Å². The van der Waals surface area contributed by atoms with E-state index < -0.39 is 0 Å². The van der Waals surface area contributed by atoms with Crippen LogP contribution in [0.1, 0.15) is 54.9 Å². The van der Waals surface area contributed by atoms with Crippen molar-refractivity contribution in [2.24, 2.45) is 5.41 Å². The smallest absolute Gasteiger partial charge is 0.167 e. The monoisotopic (exact) mass is 421 g/mol. The molecule has 2 aromatic heterocycles. The topological polar surface area (TPSA) is 105 Å². The first-order valence-electron chi connectivity index (χ1n) is 11.1. The van der Waals surface area contributed by atoms with E-state index in [2.05, 4.69) is 47.4 Å². The largest absolute Gasteiger partial charge is 0.382 e. The highest BCUT2D eigenvalue weighted by Gasteiger charge is 2.36. The van der Waals surface area contributed by atoms with Crippen molar-refractivity contribution in [1.29, 1.82) is 0 Å². The van der Waals surface area contributed by atoms with Crippen LogP contribution >= 0.6 is 0 Å². The number of likely N-dealkylation sites (tertiary alicyclic amines) is 1. The lowest BCUT2D eigenvalue weighted by Gasteiger charge is -2.30. The van der Waals surface area contributed by atoms with Gasteiger partial charge in [-0.15, -0.1) is 0 Å². The molecule has 1 aliphatic heterocycles. The molecule has 0 atom stereocenters. The van der Waals surface area contributed by atoms with Gasteiger partial charge in [-0.2, -0.15) is 10.2 Å². The van der Waals surface area contributed by atoms with Crippen molar-refractivity contribution < 1.29 is 4.79 Å². The Morgan fingerprint density at radius 2 is 1.97 bits per heavy atom. The number of rotatable bonds is 3. The molecule has 8 nitrogen and oxygen atoms in total. The number of nitrogen functional groups attached to an aromatic ring is 1. The summed E-state index contributed by atoms with van der Waals surface area (Å²) in [7, 11) is 2.16. The highest BCUT2D eigenvalue weighted by molar-refractivity contribution is 6.02. The fourth-order valence-corrected chi connectivity index (χ4v) is 5.13. The average molecular weight is 422 g/mol. The van der Waals surface area contributed by atoms with Crippen molar-refractivity contribution in [3.8, 4) is 5.69 Å². The van der Waals surface area contributed by atoms with Crippen molar-refractivity contribution in [3.63, 3.8) is 0 Å². The van der Waals surface area contributed by atoms with Gasteiger partial charge in [-0.1, -0.05) is 13.8 Å². The maximum Gasteiger partial charge on any atom is 0.167 e. The lowest BCUT2D eigenvalue weighted by atomic mass is 9.75. The molecule has 5 rings (SSSR count). The summed E-state index contributed by atoms with van der Waals surface area (Å²) in [5.74, 6) is 0.679. The fraction of sp³-hybridized carbons (Fsp3) is 0.522. The van der Waals surface area contributed by atoms with E-state index in [9.17, 15) is 4.79 Å². The van der Waals surface area contributed by atoms with Crippen LogP contribution in [-0.4, -0.2) is 56.8 Å². The number of carbonyl (C=O) groups excluding carboxylic acids is 1. The van der Waals surface area contributed by atoms with Crippen LogP contribution in [0.2, 0.25) is 0 Å². The summed E-state index contributed by atoms with van der Waals surface area (Å²) in [5, 5.41) is 16.7. The van der Waals surface area contributed by atoms with Gasteiger partial charge in [0.2, 0.25) is 0 Å². The Bertz CT molecular complexity index is 1160. The molecule has 31 heavy (non-hydrogen) atoms. The van der Waals surface area contributed by atoms with Gasteiger partial charge in [0.1, 0.15) is 0 Å². The number of H-pyrrole nitrogens is 1. The number of nitrogens with two attached hydrogens (primary N) is 1. The lowest BCUT2D eigenvalue weighted by molar-refractivity contribution is 0.0910. The van der Waals surface area contributed by atoms with Crippen molar-refractivity contribution in [1.82, 2.24) is 24.9 Å². The molecule has 0 unspecified atom stereocenters. The Morgan fingerprint density at radius 3 is 2.71 bits per heavy atom. The Kier molecular flexibility index (Phi) is 4.58. The number of carbonyl (C=O) groups is 1. The van der Waals surface area contributed by atoms with Gasteiger partial charge in [-0.3, -0.25) is 9.89 Å². The van der Waals surface area contributed by atoms with Crippen LogP contribution in [0.3, 0.4) is 0 Å². The molecule has 0 spiro atoms. The number of fused-ring (bicyclic) bond motifs is 2. The molecule has 1 fully saturated rings. The molecule has 0 radical (unpaired) electrons. The SMILES string of the molecule is Cc1nn(-c2cc(NC3CCN(C)CC3)c3c(N)n[nH]c3c2)c2c1C(=O)CC(C)(C)C2. The first-order valence-corrected chi connectivity index (χ1v) is 11.1. The second-order valence-electron chi connectivity index (χ2n) is 10.0. The van der Waals surface area contributed by atoms with Gasteiger partial charge >= 0.3 is 0 Å². The minimum absolute atomic E-state index is 0.0774. The summed E-state index contributed by atoms with van der Waals surface area (Å²) in [6.07, 6.45) is 3.54. The number of aryl methyl sites for hydroxylation is 1. The summed E-state index contributed by atoms with van der Waals surface area (Å²) in [6, 6.07) is 4.51. The molecule has 1 aromatic carbocycles. The number of benzene rings is 1. The Hall–Kier alpha value is -2.87. The first-order chi connectivity index (χ1) is 14.7. The van der Waals surface area contributed by atoms with E-state index in [1.165, 1.54) is 0 Å². The van der Waals surface area contributed by atoms with Crippen molar-refractivity contribution in [2.75, 3.05) is 31.2 Å². The van der Waals surface area contributed by atoms with E-state index in [1.807, 2.05) is 17.7 Å². The normalized spacial score (nSPS) is 19.7. The van der Waals surface area contributed by atoms with E-state index in [1.54, 1.807) is 0 Å². The number of hydrogen-bond donors (Lipinski definition) is 3. The van der Waals surface area contributed by atoms with E-state index in [0.717, 1.165) is 71.6 Å². The van der Waals surface area contributed by atoms with Gasteiger partial charge in [0, 0.05) is 18.2 Å². The average Bonchev–Trinajstić information content (AvgIpc) is 3.23. The van der Waals surface area contributed by atoms with Crippen molar-refractivity contribution in [3.05, 3.63) is 29.1 Å². The minimum Gasteiger partial charge on any atom is -0.382 e. The van der Waals surface area contributed by atoms with Crippen molar-refractivity contribution in [2.45, 2.75) is 52.5 Å². The molecule has 164 valence electrons. The second-order valence-corrected chi connectivity index (χ2v) is 10.0. The number of hydrogen-bond acceptors (Lipinski definition) is 6. The molecule has 8 heteroatoms. The van der Waals surface area contributed by atoms with E-state index in [-0.39, 0.29) is 11.2 Å². The van der Waals surface area contributed by atoms with E-state index in [4.69, 9.17) is 10.8 Å². The number of Topliss-reactive ketones (excluding diaryl/α,β-unsaturated/α-hetero) is 1. The van der Waals surface area contributed by atoms with Gasteiger partial charge in [0.05, 0.1) is 33.5 Å². The van der Waals surface area contributed by atoms with Gasteiger partial charge in [0.15, 0.2) is 11.6 Å². The van der Waals surface area contributed by atoms with Crippen LogP contribution in [0, 0.1) is 12.3 Å². The maximum atomic E-state index is 12.8. The van der Waals surface area contributed by atoms with Crippen LogP contribution in [-0.2, 0) is 6.42 Å². The zero-order chi connectivity index (χ0) is 21.9. The second kappa shape index (κ2) is 7.09. The quantitative estimate of drug-likeness (QED) is 0.599. The zero-order valence-corrected chi connectivity index (χ0v) is 18.7. The van der Waals surface area contributed by atoms with Gasteiger partial charge < -0.3 is 16.0 Å². The Labute approximate surface area is 182 Å². The summed E-state index contributed by atoms with van der Waals surface area (Å²) in [6.45, 7) is 8.36. The molecule has 4 N–H and O–H groups in total. The van der Waals surface area contributed by atoms with Gasteiger partial charge in [0.25, 0.3) is 0 Å². The molecule has 2 aliphatic rings. The predicted molar refractivity (Wildman–Crippen MR) is 123 cm³/mol. The number of nitrogens with one attached hydrogen (secondary N) is 2. The molecule has 1 aliphatic carbocycles. The van der Waals surface area contributed by atoms with Gasteiger partial charge in [-0.25, -0.2) is 4.68 Å².